The molecule has 0 saturated carbocycles. The van der Waals surface area contributed by atoms with Crippen LogP contribution in [0.1, 0.15) is 19.9 Å². The summed E-state index contributed by atoms with van der Waals surface area (Å²) < 4.78 is 1.72. The van der Waals surface area contributed by atoms with Crippen molar-refractivity contribution in [2.75, 3.05) is 5.73 Å². The van der Waals surface area contributed by atoms with E-state index in [-0.39, 0.29) is 6.04 Å². The van der Waals surface area contributed by atoms with Crippen LogP contribution in [0.2, 0.25) is 5.02 Å². The highest BCUT2D eigenvalue weighted by Gasteiger charge is 2.14. The maximum Gasteiger partial charge on any atom is 0.183 e. The van der Waals surface area contributed by atoms with Crippen LogP contribution in [0.3, 0.4) is 0 Å². The van der Waals surface area contributed by atoms with E-state index in [2.05, 4.69) is 15.5 Å². The lowest BCUT2D eigenvalue weighted by atomic mass is 10.2. The lowest BCUT2D eigenvalue weighted by Gasteiger charge is -2.09. The third kappa shape index (κ3) is 1.86. The van der Waals surface area contributed by atoms with Crippen molar-refractivity contribution in [3.63, 3.8) is 0 Å². The van der Waals surface area contributed by atoms with Crippen LogP contribution in [-0.2, 0) is 0 Å². The predicted octanol–water partition coefficient (Wildman–Crippen LogP) is 2.16. The first-order chi connectivity index (χ1) is 7.59. The van der Waals surface area contributed by atoms with Crippen molar-refractivity contribution in [1.82, 2.24) is 20.2 Å². The van der Waals surface area contributed by atoms with Gasteiger partial charge in [0, 0.05) is 11.3 Å². The number of benzene rings is 1. The van der Waals surface area contributed by atoms with Crippen molar-refractivity contribution in [2.24, 2.45) is 0 Å². The highest BCUT2D eigenvalue weighted by Crippen LogP contribution is 2.28. The van der Waals surface area contributed by atoms with Gasteiger partial charge in [-0.05, 0) is 42.5 Å². The van der Waals surface area contributed by atoms with Gasteiger partial charge in [-0.1, -0.05) is 11.6 Å². The van der Waals surface area contributed by atoms with Gasteiger partial charge in [0.2, 0.25) is 0 Å². The molecular formula is C10H12ClN5. The molecule has 1 aromatic carbocycles. The van der Waals surface area contributed by atoms with Crippen LogP contribution in [0.25, 0.3) is 11.4 Å². The van der Waals surface area contributed by atoms with Crippen LogP contribution >= 0.6 is 11.6 Å². The van der Waals surface area contributed by atoms with Gasteiger partial charge < -0.3 is 5.73 Å². The molecule has 16 heavy (non-hydrogen) atoms. The summed E-state index contributed by atoms with van der Waals surface area (Å²) in [4.78, 5) is 0. The Morgan fingerprint density at radius 1 is 1.38 bits per heavy atom. The maximum atomic E-state index is 6.11. The minimum atomic E-state index is 0.179. The first-order valence-electron chi connectivity index (χ1n) is 4.93. The fourth-order valence-electron chi connectivity index (χ4n) is 1.43. The van der Waals surface area contributed by atoms with Crippen LogP contribution in [0.15, 0.2) is 18.2 Å². The van der Waals surface area contributed by atoms with Gasteiger partial charge in [0.1, 0.15) is 0 Å². The minimum absolute atomic E-state index is 0.179. The summed E-state index contributed by atoms with van der Waals surface area (Å²) in [5.74, 6) is 0.653. The summed E-state index contributed by atoms with van der Waals surface area (Å²) in [6, 6.07) is 5.47. The molecule has 0 spiro atoms. The number of anilines is 1. The maximum absolute atomic E-state index is 6.11. The van der Waals surface area contributed by atoms with E-state index >= 15 is 0 Å². The number of tetrazole rings is 1. The van der Waals surface area contributed by atoms with Crippen molar-refractivity contribution < 1.29 is 0 Å². The van der Waals surface area contributed by atoms with Crippen molar-refractivity contribution in [3.8, 4) is 11.4 Å². The molecule has 0 radical (unpaired) electrons. The second kappa shape index (κ2) is 4.09. The molecule has 0 unspecified atom stereocenters. The van der Waals surface area contributed by atoms with Crippen LogP contribution < -0.4 is 5.73 Å². The number of halogens is 1. The molecule has 0 fully saturated rings. The molecule has 0 atom stereocenters. The fourth-order valence-corrected chi connectivity index (χ4v) is 1.70. The van der Waals surface area contributed by atoms with E-state index < -0.39 is 0 Å². The van der Waals surface area contributed by atoms with Crippen LogP contribution in [-0.4, -0.2) is 20.2 Å². The van der Waals surface area contributed by atoms with Gasteiger partial charge in [-0.2, -0.15) is 0 Å². The average molecular weight is 238 g/mol. The van der Waals surface area contributed by atoms with Gasteiger partial charge in [0.15, 0.2) is 5.82 Å². The Hall–Kier alpha value is -1.62. The number of hydrogen-bond acceptors (Lipinski definition) is 4. The molecule has 2 N–H and O–H groups in total. The minimum Gasteiger partial charge on any atom is -0.399 e. The van der Waals surface area contributed by atoms with E-state index in [1.807, 2.05) is 19.9 Å². The molecule has 0 aliphatic rings. The summed E-state index contributed by atoms with van der Waals surface area (Å²) >= 11 is 6.11. The highest BCUT2D eigenvalue weighted by atomic mass is 35.5. The molecule has 84 valence electrons. The lowest BCUT2D eigenvalue weighted by molar-refractivity contribution is 0.519. The van der Waals surface area contributed by atoms with Crippen molar-refractivity contribution >= 4 is 17.3 Å². The Morgan fingerprint density at radius 2 is 2.12 bits per heavy atom. The Kier molecular flexibility index (Phi) is 2.78. The number of nitrogens with zero attached hydrogens (tertiary/aromatic N) is 4. The Labute approximate surface area is 98.2 Å². The molecule has 0 aliphatic carbocycles. The van der Waals surface area contributed by atoms with Gasteiger partial charge in [0.05, 0.1) is 11.1 Å². The first-order valence-corrected chi connectivity index (χ1v) is 5.30. The Balaban J connectivity index is 2.54. The second-order valence-corrected chi connectivity index (χ2v) is 4.19. The molecule has 0 aliphatic heterocycles. The van der Waals surface area contributed by atoms with Crippen molar-refractivity contribution in [1.29, 1.82) is 0 Å². The smallest absolute Gasteiger partial charge is 0.183 e. The molecular weight excluding hydrogens is 226 g/mol. The summed E-state index contributed by atoms with van der Waals surface area (Å²) in [5, 5.41) is 12.1. The largest absolute Gasteiger partial charge is 0.399 e. The van der Waals surface area contributed by atoms with Gasteiger partial charge in [-0.15, -0.1) is 5.10 Å². The molecule has 5 nitrogen and oxygen atoms in total. The summed E-state index contributed by atoms with van der Waals surface area (Å²) in [5.41, 5.74) is 7.04. The molecule has 2 aromatic rings. The summed E-state index contributed by atoms with van der Waals surface area (Å²) in [6.45, 7) is 4.01. The highest BCUT2D eigenvalue weighted by molar-refractivity contribution is 6.33. The molecule has 0 saturated heterocycles. The fraction of sp³-hybridized carbons (Fsp3) is 0.300. The van der Waals surface area contributed by atoms with E-state index in [1.165, 1.54) is 0 Å². The number of aromatic nitrogens is 4. The van der Waals surface area contributed by atoms with E-state index in [0.29, 0.717) is 16.5 Å². The average Bonchev–Trinajstić information content (AvgIpc) is 2.66. The standard InChI is InChI=1S/C10H12ClN5/c1-6(2)16-10(13-14-15-16)8-4-3-7(12)5-9(8)11/h3-6H,12H2,1-2H3. The van der Waals surface area contributed by atoms with Gasteiger partial charge in [-0.3, -0.25) is 0 Å². The number of nitrogen functional groups attached to an aromatic ring is 1. The number of rotatable bonds is 2. The molecule has 2 rings (SSSR count). The van der Waals surface area contributed by atoms with E-state index in [1.54, 1.807) is 16.8 Å². The molecule has 1 heterocycles. The van der Waals surface area contributed by atoms with Gasteiger partial charge in [-0.25, -0.2) is 4.68 Å². The zero-order chi connectivity index (χ0) is 11.7. The number of nitrogens with two attached hydrogens (primary N) is 1. The Morgan fingerprint density at radius 3 is 2.75 bits per heavy atom. The summed E-state index contributed by atoms with van der Waals surface area (Å²) in [7, 11) is 0. The van der Waals surface area contributed by atoms with E-state index in [4.69, 9.17) is 17.3 Å². The zero-order valence-corrected chi connectivity index (χ0v) is 9.81. The monoisotopic (exact) mass is 237 g/mol. The normalized spacial score (nSPS) is 11.0. The van der Waals surface area contributed by atoms with Gasteiger partial charge >= 0.3 is 0 Å². The lowest BCUT2D eigenvalue weighted by Crippen LogP contribution is -2.05. The number of hydrogen-bond donors (Lipinski definition) is 1. The Bertz CT molecular complexity index is 506. The first kappa shape index (κ1) is 10.9. The zero-order valence-electron chi connectivity index (χ0n) is 9.05. The summed E-state index contributed by atoms with van der Waals surface area (Å²) in [6.07, 6.45) is 0. The van der Waals surface area contributed by atoms with E-state index in [9.17, 15) is 0 Å². The third-order valence-electron chi connectivity index (χ3n) is 2.22. The van der Waals surface area contributed by atoms with Gasteiger partial charge in [0.25, 0.3) is 0 Å². The predicted molar refractivity (Wildman–Crippen MR) is 63.1 cm³/mol. The molecule has 6 heteroatoms. The second-order valence-electron chi connectivity index (χ2n) is 3.78. The van der Waals surface area contributed by atoms with Crippen molar-refractivity contribution in [2.45, 2.75) is 19.9 Å². The molecule has 1 aromatic heterocycles. The van der Waals surface area contributed by atoms with Crippen molar-refractivity contribution in [3.05, 3.63) is 23.2 Å². The molecule has 0 amide bonds. The third-order valence-corrected chi connectivity index (χ3v) is 2.53. The van der Waals surface area contributed by atoms with Crippen LogP contribution in [0, 0.1) is 0 Å². The quantitative estimate of drug-likeness (QED) is 0.813. The topological polar surface area (TPSA) is 69.6 Å². The van der Waals surface area contributed by atoms with E-state index in [0.717, 1.165) is 5.56 Å². The SMILES string of the molecule is CC(C)n1nnnc1-c1ccc(N)cc1Cl. The van der Waals surface area contributed by atoms with Crippen LogP contribution in [0.4, 0.5) is 5.69 Å². The van der Waals surface area contributed by atoms with Crippen LogP contribution in [0.5, 0.6) is 0 Å². The molecule has 0 bridgehead atoms.